The fourth-order valence-corrected chi connectivity index (χ4v) is 7.47. The lowest BCUT2D eigenvalue weighted by atomic mass is 10.2. The van der Waals surface area contributed by atoms with E-state index < -0.39 is 33.4 Å². The number of benzene rings is 3. The van der Waals surface area contributed by atoms with Gasteiger partial charge >= 0.3 is 5.69 Å². The summed E-state index contributed by atoms with van der Waals surface area (Å²) in [4.78, 5) is 25.7. The summed E-state index contributed by atoms with van der Waals surface area (Å²) in [6.45, 7) is 0.0874. The zero-order chi connectivity index (χ0) is 32.7. The highest BCUT2D eigenvalue weighted by Crippen LogP contribution is 2.45. The van der Waals surface area contributed by atoms with Gasteiger partial charge in [0.25, 0.3) is 12.0 Å². The second kappa shape index (κ2) is 12.7. The van der Waals surface area contributed by atoms with E-state index in [9.17, 15) is 26.8 Å². The summed E-state index contributed by atoms with van der Waals surface area (Å²) in [7, 11) is -2.45. The molecule has 0 spiro atoms. The number of nitrogens with zero attached hydrogens (tertiary/aromatic N) is 3. The van der Waals surface area contributed by atoms with E-state index in [0.29, 0.717) is 10.4 Å². The van der Waals surface area contributed by atoms with Gasteiger partial charge in [0.05, 0.1) is 22.8 Å². The number of sulfonamides is 1. The largest absolute Gasteiger partial charge is 0.497 e. The van der Waals surface area contributed by atoms with Gasteiger partial charge in [0.1, 0.15) is 28.8 Å². The molecule has 11 nitrogen and oxygen atoms in total. The molecule has 2 aliphatic carbocycles. The quantitative estimate of drug-likeness (QED) is 0.195. The maximum absolute atomic E-state index is 14.1. The van der Waals surface area contributed by atoms with Crippen LogP contribution in [-0.4, -0.2) is 46.7 Å². The number of hydrogen-bond donors (Lipinski definition) is 1. The van der Waals surface area contributed by atoms with Crippen LogP contribution in [0.1, 0.15) is 43.4 Å². The van der Waals surface area contributed by atoms with Crippen molar-refractivity contribution >= 4 is 33.2 Å². The molecular formula is C30H26Cl2F2N4O7S. The third-order valence-electron chi connectivity index (χ3n) is 7.34. The van der Waals surface area contributed by atoms with Crippen LogP contribution < -0.4 is 25.5 Å². The van der Waals surface area contributed by atoms with Gasteiger partial charge in [-0.05, 0) is 67.6 Å². The Balaban J connectivity index is 1.34. The van der Waals surface area contributed by atoms with E-state index in [2.05, 4.69) is 5.10 Å². The summed E-state index contributed by atoms with van der Waals surface area (Å²) >= 11 is 12.9. The first-order chi connectivity index (χ1) is 22.0. The molecule has 3 aromatic carbocycles. The van der Waals surface area contributed by atoms with Crippen LogP contribution in [0.4, 0.5) is 8.78 Å². The molecular weight excluding hydrogens is 669 g/mol. The third kappa shape index (κ3) is 6.61. The number of aromatic amines is 1. The minimum Gasteiger partial charge on any atom is -0.497 e. The SMILES string of the molecule is COc1ccc(COc2ccc(Oc3c(Cl)cc(-n4nc(C(F)F)c(=O)[nH]c4=O)cc3Cl)cc2S(=O)(=O)N(C2CC2)C2CC2)cc1. The molecule has 1 aromatic heterocycles. The van der Waals surface area contributed by atoms with Crippen LogP contribution >= 0.6 is 23.2 Å². The van der Waals surface area contributed by atoms with Crippen molar-refractivity contribution in [3.05, 3.63) is 96.7 Å². The standard InChI is InChI=1S/C30H26Cl2F2N4O7S/c1-43-20-8-2-16(3-9-20)15-44-24-11-10-21(14-25(24)46(41,42)38(17-4-5-17)18-6-7-18)45-27-22(31)12-19(13-23(27)32)37-30(40)35-29(39)26(36-37)28(33)34/h2-3,8-14,17-18,28H,4-7,15H2,1H3,(H,35,39,40). The first-order valence-corrected chi connectivity index (χ1v) is 16.3. The highest BCUT2D eigenvalue weighted by atomic mass is 35.5. The average Bonchev–Trinajstić information content (AvgIpc) is 3.96. The van der Waals surface area contributed by atoms with Gasteiger partial charge in [0.2, 0.25) is 10.0 Å². The van der Waals surface area contributed by atoms with Crippen LogP contribution in [0.3, 0.4) is 0 Å². The average molecular weight is 696 g/mol. The summed E-state index contributed by atoms with van der Waals surface area (Å²) < 4.78 is 73.9. The molecule has 1 heterocycles. The summed E-state index contributed by atoms with van der Waals surface area (Å²) in [6, 6.07) is 13.7. The van der Waals surface area contributed by atoms with Crippen molar-refractivity contribution in [1.29, 1.82) is 0 Å². The molecule has 16 heteroatoms. The van der Waals surface area contributed by atoms with Gasteiger partial charge in [-0.15, -0.1) is 0 Å². The van der Waals surface area contributed by atoms with Gasteiger partial charge in [-0.25, -0.2) is 22.0 Å². The zero-order valence-electron chi connectivity index (χ0n) is 24.1. The molecule has 0 saturated heterocycles. The van der Waals surface area contributed by atoms with E-state index in [1.54, 1.807) is 28.5 Å². The summed E-state index contributed by atoms with van der Waals surface area (Å²) in [5, 5.41) is 3.15. The number of alkyl halides is 2. The lowest BCUT2D eigenvalue weighted by molar-refractivity contribution is 0.141. The highest BCUT2D eigenvalue weighted by Gasteiger charge is 2.47. The molecule has 0 atom stereocenters. The maximum atomic E-state index is 14.1. The molecule has 1 N–H and O–H groups in total. The number of methoxy groups -OCH3 is 1. The molecule has 2 fully saturated rings. The Kier molecular flexibility index (Phi) is 8.81. The van der Waals surface area contributed by atoms with Crippen LogP contribution in [0.25, 0.3) is 5.69 Å². The topological polar surface area (TPSA) is 133 Å². The van der Waals surface area contributed by atoms with E-state index >= 15 is 0 Å². The lowest BCUT2D eigenvalue weighted by Gasteiger charge is -2.23. The molecule has 242 valence electrons. The molecule has 0 unspecified atom stereocenters. The molecule has 0 aliphatic heterocycles. The van der Waals surface area contributed by atoms with Crippen molar-refractivity contribution in [3.63, 3.8) is 0 Å². The van der Waals surface area contributed by atoms with Crippen molar-refractivity contribution in [2.75, 3.05) is 7.11 Å². The van der Waals surface area contributed by atoms with Gasteiger partial charge in [0.15, 0.2) is 11.4 Å². The van der Waals surface area contributed by atoms with Crippen molar-refractivity contribution in [2.24, 2.45) is 0 Å². The van der Waals surface area contributed by atoms with Crippen LogP contribution in [0, 0.1) is 0 Å². The van der Waals surface area contributed by atoms with Crippen LogP contribution in [0.5, 0.6) is 23.0 Å². The van der Waals surface area contributed by atoms with Crippen molar-refractivity contribution < 1.29 is 31.4 Å². The molecule has 6 rings (SSSR count). The number of H-pyrrole nitrogens is 1. The Hall–Kier alpha value is -3.98. The predicted octanol–water partition coefficient (Wildman–Crippen LogP) is 5.86. The van der Waals surface area contributed by atoms with Crippen LogP contribution in [-0.2, 0) is 16.6 Å². The second-order valence-electron chi connectivity index (χ2n) is 10.7. The molecule has 2 saturated carbocycles. The number of nitrogens with one attached hydrogen (secondary N) is 1. The number of hydrogen-bond acceptors (Lipinski definition) is 8. The molecule has 0 bridgehead atoms. The van der Waals surface area contributed by atoms with E-state index in [-0.39, 0.29) is 56.6 Å². The molecule has 46 heavy (non-hydrogen) atoms. The monoisotopic (exact) mass is 694 g/mol. The van der Waals surface area contributed by atoms with Gasteiger partial charge in [-0.3, -0.25) is 9.78 Å². The number of aromatic nitrogens is 3. The smallest absolute Gasteiger partial charge is 0.349 e. The summed E-state index contributed by atoms with van der Waals surface area (Å²) in [5.74, 6) is 0.761. The fourth-order valence-electron chi connectivity index (χ4n) is 4.83. The fraction of sp³-hybridized carbons (Fsp3) is 0.300. The van der Waals surface area contributed by atoms with Gasteiger partial charge < -0.3 is 14.2 Å². The normalized spacial score (nSPS) is 14.9. The van der Waals surface area contributed by atoms with Crippen LogP contribution in [0.2, 0.25) is 10.0 Å². The zero-order valence-corrected chi connectivity index (χ0v) is 26.4. The van der Waals surface area contributed by atoms with E-state index in [1.165, 1.54) is 30.3 Å². The lowest BCUT2D eigenvalue weighted by Crippen LogP contribution is -2.35. The Morgan fingerprint density at radius 2 is 1.59 bits per heavy atom. The molecule has 2 aliphatic rings. The van der Waals surface area contributed by atoms with Crippen molar-refractivity contribution in [1.82, 2.24) is 19.1 Å². The third-order valence-corrected chi connectivity index (χ3v) is 9.93. The molecule has 0 radical (unpaired) electrons. The molecule has 4 aromatic rings. The first kappa shape index (κ1) is 32.0. The Bertz CT molecular complexity index is 1980. The van der Waals surface area contributed by atoms with E-state index in [0.717, 1.165) is 31.2 Å². The number of rotatable bonds is 12. The number of ether oxygens (including phenoxy) is 3. The Morgan fingerprint density at radius 3 is 2.15 bits per heavy atom. The summed E-state index contributed by atoms with van der Waals surface area (Å²) in [6.07, 6.45) is -0.141. The van der Waals surface area contributed by atoms with Gasteiger partial charge in [-0.2, -0.15) is 14.1 Å². The Labute approximate surface area is 271 Å². The van der Waals surface area contributed by atoms with Crippen molar-refractivity contribution in [2.45, 2.75) is 55.7 Å². The van der Waals surface area contributed by atoms with E-state index in [4.69, 9.17) is 37.4 Å². The number of halogens is 4. The van der Waals surface area contributed by atoms with Gasteiger partial charge in [-0.1, -0.05) is 35.3 Å². The summed E-state index contributed by atoms with van der Waals surface area (Å²) in [5.41, 5.74) is -2.91. The van der Waals surface area contributed by atoms with Crippen molar-refractivity contribution in [3.8, 4) is 28.7 Å². The maximum Gasteiger partial charge on any atom is 0.349 e. The molecule has 0 amide bonds. The minimum absolute atomic E-state index is 0.0674. The predicted molar refractivity (Wildman–Crippen MR) is 164 cm³/mol. The first-order valence-electron chi connectivity index (χ1n) is 14.1. The highest BCUT2D eigenvalue weighted by molar-refractivity contribution is 7.89. The second-order valence-corrected chi connectivity index (χ2v) is 13.4. The minimum atomic E-state index is -4.01. The van der Waals surface area contributed by atoms with Crippen LogP contribution in [0.15, 0.2) is 69.1 Å². The van der Waals surface area contributed by atoms with E-state index in [1.807, 2.05) is 12.1 Å². The van der Waals surface area contributed by atoms with Gasteiger partial charge in [0, 0.05) is 18.2 Å². The Morgan fingerprint density at radius 1 is 0.978 bits per heavy atom.